The van der Waals surface area contributed by atoms with E-state index < -0.39 is 15.6 Å². The van der Waals surface area contributed by atoms with Crippen LogP contribution in [0.4, 0.5) is 0 Å². The van der Waals surface area contributed by atoms with Gasteiger partial charge in [0, 0.05) is 18.6 Å². The number of carbonyl (C=O) groups excluding carboxylic acids is 1. The summed E-state index contributed by atoms with van der Waals surface area (Å²) in [6.07, 6.45) is 3.81. The van der Waals surface area contributed by atoms with Gasteiger partial charge in [0.1, 0.15) is 5.15 Å². The smallest absolute Gasteiger partial charge is 0.212 e. The number of aromatic amines is 1. The van der Waals surface area contributed by atoms with E-state index in [1.807, 2.05) is 0 Å². The summed E-state index contributed by atoms with van der Waals surface area (Å²) in [4.78, 5) is 18.5. The minimum Gasteiger partial charge on any atom is -0.357 e. The molecule has 0 radical (unpaired) electrons. The first kappa shape index (κ1) is 12.8. The van der Waals surface area contributed by atoms with Crippen molar-refractivity contribution in [3.63, 3.8) is 0 Å². The molecule has 2 aromatic heterocycles. The molecule has 0 spiro atoms. The molecule has 2 rings (SSSR count). The summed E-state index contributed by atoms with van der Waals surface area (Å²) in [7, 11) is -3.34. The Labute approximate surface area is 109 Å². The fourth-order valence-corrected chi connectivity index (χ4v) is 2.23. The number of aromatic nitrogens is 2. The molecule has 0 saturated heterocycles. The summed E-state index contributed by atoms with van der Waals surface area (Å²) < 4.78 is 22.6. The third-order valence-corrected chi connectivity index (χ3v) is 3.73. The number of nitrogens with zero attached hydrogens (tertiary/aromatic N) is 1. The molecule has 0 fully saturated rings. The van der Waals surface area contributed by atoms with E-state index in [9.17, 15) is 13.2 Å². The molecule has 0 saturated carbocycles. The average molecular weight is 285 g/mol. The summed E-state index contributed by atoms with van der Waals surface area (Å²) in [6.45, 7) is 0. The second-order valence-corrected chi connectivity index (χ2v) is 6.07. The lowest BCUT2D eigenvalue weighted by molar-refractivity contribution is 0.103. The van der Waals surface area contributed by atoms with E-state index in [0.717, 1.165) is 6.26 Å². The highest BCUT2D eigenvalue weighted by atomic mass is 35.5. The van der Waals surface area contributed by atoms with Crippen LogP contribution in [0.5, 0.6) is 0 Å². The molecular weight excluding hydrogens is 276 g/mol. The highest BCUT2D eigenvalue weighted by Gasteiger charge is 2.17. The Kier molecular flexibility index (Phi) is 3.23. The molecule has 0 aliphatic rings. The Morgan fingerprint density at radius 3 is 2.72 bits per heavy atom. The van der Waals surface area contributed by atoms with Gasteiger partial charge in [-0.2, -0.15) is 0 Å². The number of hydrogen-bond donors (Lipinski definition) is 1. The zero-order chi connectivity index (χ0) is 13.3. The van der Waals surface area contributed by atoms with Gasteiger partial charge in [0.15, 0.2) is 9.84 Å². The zero-order valence-electron chi connectivity index (χ0n) is 9.34. The second kappa shape index (κ2) is 4.55. The van der Waals surface area contributed by atoms with Crippen molar-refractivity contribution in [1.82, 2.24) is 9.97 Å². The summed E-state index contributed by atoms with van der Waals surface area (Å²) in [5.41, 5.74) is 0.381. The molecule has 2 aromatic rings. The van der Waals surface area contributed by atoms with Crippen LogP contribution < -0.4 is 0 Å². The molecule has 2 heterocycles. The normalized spacial score (nSPS) is 11.4. The van der Waals surface area contributed by atoms with E-state index in [-0.39, 0.29) is 21.3 Å². The topological polar surface area (TPSA) is 79.9 Å². The molecule has 0 unspecified atom stereocenters. The molecule has 94 valence electrons. The van der Waals surface area contributed by atoms with Crippen molar-refractivity contribution in [2.75, 3.05) is 6.26 Å². The van der Waals surface area contributed by atoms with E-state index >= 15 is 0 Å². The Morgan fingerprint density at radius 1 is 1.44 bits per heavy atom. The predicted molar refractivity (Wildman–Crippen MR) is 66.6 cm³/mol. The molecule has 5 nitrogen and oxygen atoms in total. The van der Waals surface area contributed by atoms with E-state index in [0.29, 0.717) is 0 Å². The number of hydrogen-bond acceptors (Lipinski definition) is 4. The van der Waals surface area contributed by atoms with E-state index in [1.165, 1.54) is 24.5 Å². The maximum atomic E-state index is 12.1. The number of rotatable bonds is 3. The minimum absolute atomic E-state index is 0.0610. The van der Waals surface area contributed by atoms with Crippen molar-refractivity contribution < 1.29 is 13.2 Å². The SMILES string of the molecule is CS(=O)(=O)c1c[nH]c(C(=O)c2cccnc2Cl)c1. The van der Waals surface area contributed by atoms with Crippen molar-refractivity contribution in [2.45, 2.75) is 4.90 Å². The van der Waals surface area contributed by atoms with Crippen molar-refractivity contribution in [2.24, 2.45) is 0 Å². The third-order valence-electron chi connectivity index (χ3n) is 2.33. The van der Waals surface area contributed by atoms with Crippen LogP contribution in [-0.2, 0) is 9.84 Å². The number of H-pyrrole nitrogens is 1. The van der Waals surface area contributed by atoms with Crippen LogP contribution >= 0.6 is 11.6 Å². The van der Waals surface area contributed by atoms with Crippen LogP contribution in [0.15, 0.2) is 35.5 Å². The van der Waals surface area contributed by atoms with Crippen molar-refractivity contribution in [3.05, 3.63) is 47.0 Å². The fraction of sp³-hybridized carbons (Fsp3) is 0.0909. The van der Waals surface area contributed by atoms with Gasteiger partial charge in [-0.05, 0) is 18.2 Å². The van der Waals surface area contributed by atoms with E-state index in [2.05, 4.69) is 9.97 Å². The monoisotopic (exact) mass is 284 g/mol. The zero-order valence-corrected chi connectivity index (χ0v) is 10.9. The summed E-state index contributed by atoms with van der Waals surface area (Å²) >= 11 is 5.80. The molecule has 7 heteroatoms. The van der Waals surface area contributed by atoms with Gasteiger partial charge in [0.2, 0.25) is 5.78 Å². The van der Waals surface area contributed by atoms with Gasteiger partial charge >= 0.3 is 0 Å². The number of sulfone groups is 1. The molecule has 0 atom stereocenters. The average Bonchev–Trinajstić information content (AvgIpc) is 2.77. The largest absolute Gasteiger partial charge is 0.357 e. The second-order valence-electron chi connectivity index (χ2n) is 3.69. The first-order chi connectivity index (χ1) is 8.39. The van der Waals surface area contributed by atoms with Crippen LogP contribution in [-0.4, -0.2) is 30.4 Å². The van der Waals surface area contributed by atoms with Crippen LogP contribution in [0.2, 0.25) is 5.15 Å². The number of pyridine rings is 1. The maximum absolute atomic E-state index is 12.1. The van der Waals surface area contributed by atoms with E-state index in [1.54, 1.807) is 6.07 Å². The lowest BCUT2D eigenvalue weighted by atomic mass is 10.1. The highest BCUT2D eigenvalue weighted by Crippen LogP contribution is 2.18. The van der Waals surface area contributed by atoms with Gasteiger partial charge in [-0.15, -0.1) is 0 Å². The predicted octanol–water partition coefficient (Wildman–Crippen LogP) is 1.70. The van der Waals surface area contributed by atoms with Crippen LogP contribution in [0, 0.1) is 0 Å². The van der Waals surface area contributed by atoms with Gasteiger partial charge in [-0.1, -0.05) is 11.6 Å². The third kappa shape index (κ3) is 2.44. The molecular formula is C11H9ClN2O3S. The molecule has 18 heavy (non-hydrogen) atoms. The van der Waals surface area contributed by atoms with Crippen LogP contribution in [0.25, 0.3) is 0 Å². The van der Waals surface area contributed by atoms with Crippen molar-refractivity contribution >= 4 is 27.2 Å². The highest BCUT2D eigenvalue weighted by molar-refractivity contribution is 7.90. The Hall–Kier alpha value is -1.66. The summed E-state index contributed by atoms with van der Waals surface area (Å²) in [5.74, 6) is -0.400. The molecule has 0 aromatic carbocycles. The number of carbonyl (C=O) groups is 1. The maximum Gasteiger partial charge on any atom is 0.212 e. The van der Waals surface area contributed by atoms with Crippen LogP contribution in [0.3, 0.4) is 0 Å². The molecule has 0 aliphatic heterocycles. The van der Waals surface area contributed by atoms with Crippen LogP contribution in [0.1, 0.15) is 16.1 Å². The first-order valence-electron chi connectivity index (χ1n) is 4.93. The Morgan fingerprint density at radius 2 is 2.17 bits per heavy atom. The van der Waals surface area contributed by atoms with Gasteiger partial charge < -0.3 is 4.98 Å². The minimum atomic E-state index is -3.34. The Balaban J connectivity index is 2.42. The van der Waals surface area contributed by atoms with Crippen molar-refractivity contribution in [1.29, 1.82) is 0 Å². The first-order valence-corrected chi connectivity index (χ1v) is 7.20. The Bertz CT molecular complexity index is 707. The number of halogens is 1. The summed E-state index contributed by atoms with van der Waals surface area (Å²) in [6, 6.07) is 4.39. The molecule has 0 bridgehead atoms. The molecule has 0 amide bonds. The molecule has 0 aliphatic carbocycles. The van der Waals surface area contributed by atoms with Gasteiger partial charge in [0.05, 0.1) is 16.2 Å². The van der Waals surface area contributed by atoms with Gasteiger partial charge in [0.25, 0.3) is 0 Å². The summed E-state index contributed by atoms with van der Waals surface area (Å²) in [5, 5.41) is 0.0815. The number of nitrogens with one attached hydrogen (secondary N) is 1. The van der Waals surface area contributed by atoms with E-state index in [4.69, 9.17) is 11.6 Å². The van der Waals surface area contributed by atoms with Gasteiger partial charge in [-0.3, -0.25) is 4.79 Å². The lowest BCUT2D eigenvalue weighted by Gasteiger charge is -1.99. The standard InChI is InChI=1S/C11H9ClN2O3S/c1-18(16,17)7-5-9(14-6-7)10(15)8-3-2-4-13-11(8)12/h2-6,14H,1H3. The number of ketones is 1. The quantitative estimate of drug-likeness (QED) is 0.687. The molecule has 1 N–H and O–H groups in total. The van der Waals surface area contributed by atoms with Gasteiger partial charge in [-0.25, -0.2) is 13.4 Å². The fourth-order valence-electron chi connectivity index (χ4n) is 1.42. The lowest BCUT2D eigenvalue weighted by Crippen LogP contribution is -2.03. The van der Waals surface area contributed by atoms with Crippen molar-refractivity contribution in [3.8, 4) is 0 Å².